The van der Waals surface area contributed by atoms with Crippen molar-refractivity contribution in [2.75, 3.05) is 20.8 Å². The van der Waals surface area contributed by atoms with Crippen LogP contribution in [0.25, 0.3) is 10.9 Å². The van der Waals surface area contributed by atoms with Crippen LogP contribution in [-0.2, 0) is 6.42 Å². The summed E-state index contributed by atoms with van der Waals surface area (Å²) in [6, 6.07) is 4.63. The quantitative estimate of drug-likeness (QED) is 0.472. The van der Waals surface area contributed by atoms with Crippen LogP contribution in [0.15, 0.2) is 18.2 Å². The lowest BCUT2D eigenvalue weighted by Crippen LogP contribution is -2.25. The zero-order chi connectivity index (χ0) is 22.2. The van der Waals surface area contributed by atoms with Crippen molar-refractivity contribution >= 4 is 16.8 Å². The van der Waals surface area contributed by atoms with Crippen LogP contribution < -0.4 is 14.8 Å². The Kier molecular flexibility index (Phi) is 5.91. The fraction of sp³-hybridized carbons (Fsp3) is 0.286. The van der Waals surface area contributed by atoms with Crippen LogP contribution in [0.3, 0.4) is 0 Å². The predicted octanol–water partition coefficient (Wildman–Crippen LogP) is 4.40. The van der Waals surface area contributed by atoms with Gasteiger partial charge in [0.15, 0.2) is 29.0 Å². The minimum Gasteiger partial charge on any atom is -0.493 e. The number of aryl methyl sites for hydroxylation is 1. The van der Waals surface area contributed by atoms with E-state index in [0.717, 1.165) is 0 Å². The molecule has 30 heavy (non-hydrogen) atoms. The summed E-state index contributed by atoms with van der Waals surface area (Å²) >= 11 is 0. The summed E-state index contributed by atoms with van der Waals surface area (Å²) in [6.07, 6.45) is 0.0869. The number of methoxy groups -OCH3 is 2. The highest BCUT2D eigenvalue weighted by Crippen LogP contribution is 2.34. The van der Waals surface area contributed by atoms with E-state index in [2.05, 4.69) is 5.32 Å². The number of nitrogens with one attached hydrogen (secondary N) is 1. The van der Waals surface area contributed by atoms with Crippen molar-refractivity contribution in [1.82, 2.24) is 10.1 Å². The Bertz CT molecular complexity index is 1140. The highest BCUT2D eigenvalue weighted by Gasteiger charge is 2.26. The molecule has 2 aromatic carbocycles. The minimum absolute atomic E-state index is 0.00563. The van der Waals surface area contributed by atoms with Crippen molar-refractivity contribution < 1.29 is 31.9 Å². The van der Waals surface area contributed by atoms with Gasteiger partial charge in [0.1, 0.15) is 5.52 Å². The fourth-order valence-corrected chi connectivity index (χ4v) is 3.47. The Balaban J connectivity index is 1.85. The van der Waals surface area contributed by atoms with Gasteiger partial charge in [-0.3, -0.25) is 4.79 Å². The summed E-state index contributed by atoms with van der Waals surface area (Å²) in [5, 5.41) is 2.63. The molecule has 0 atom stereocenters. The molecule has 9 heteroatoms. The fourth-order valence-electron chi connectivity index (χ4n) is 3.47. The van der Waals surface area contributed by atoms with Gasteiger partial charge in [-0.1, -0.05) is 4.48 Å². The van der Waals surface area contributed by atoms with Crippen molar-refractivity contribution in [1.29, 1.82) is 0 Å². The van der Waals surface area contributed by atoms with Crippen LogP contribution in [0.2, 0.25) is 0 Å². The molecule has 0 bridgehead atoms. The molecule has 0 spiro atoms. The summed E-state index contributed by atoms with van der Waals surface area (Å²) in [6.45, 7) is 2.69. The zero-order valence-electron chi connectivity index (χ0n) is 16.8. The van der Waals surface area contributed by atoms with Gasteiger partial charge in [0.05, 0.1) is 19.9 Å². The van der Waals surface area contributed by atoms with Crippen LogP contribution in [0.5, 0.6) is 11.5 Å². The van der Waals surface area contributed by atoms with Gasteiger partial charge in [0.2, 0.25) is 0 Å². The van der Waals surface area contributed by atoms with Gasteiger partial charge >= 0.3 is 0 Å². The number of amides is 1. The minimum atomic E-state index is -1.72. The Morgan fingerprint density at radius 1 is 1.03 bits per heavy atom. The number of carbonyl (C=O) groups excluding carboxylic acids is 1. The molecule has 3 rings (SSSR count). The van der Waals surface area contributed by atoms with Crippen molar-refractivity contribution in [2.45, 2.75) is 20.3 Å². The molecule has 0 fully saturated rings. The second-order valence-electron chi connectivity index (χ2n) is 6.71. The van der Waals surface area contributed by atoms with Gasteiger partial charge in [0.25, 0.3) is 5.91 Å². The molecule has 0 aliphatic rings. The molecule has 3 aromatic rings. The smallest absolute Gasteiger partial charge is 0.251 e. The third kappa shape index (κ3) is 3.44. The first kappa shape index (κ1) is 21.5. The number of aromatic nitrogens is 1. The van der Waals surface area contributed by atoms with Gasteiger partial charge in [0, 0.05) is 17.5 Å². The third-order valence-electron chi connectivity index (χ3n) is 5.07. The number of carbonyl (C=O) groups is 1. The monoisotopic (exact) mass is 424 g/mol. The molecule has 0 aliphatic heterocycles. The summed E-state index contributed by atoms with van der Waals surface area (Å²) in [5.74, 6) is -4.24. The van der Waals surface area contributed by atoms with Gasteiger partial charge in [-0.25, -0.2) is 13.2 Å². The number of fused-ring (bicyclic) bond motifs is 1. The Hall–Kier alpha value is -3.23. The molecule has 0 saturated carbocycles. The maximum atomic E-state index is 14.5. The lowest BCUT2D eigenvalue weighted by molar-refractivity contribution is 0.0953. The molecule has 5 nitrogen and oxygen atoms in total. The van der Waals surface area contributed by atoms with Gasteiger partial charge in [-0.15, -0.1) is 0 Å². The van der Waals surface area contributed by atoms with Gasteiger partial charge in [-0.05, 0) is 49.6 Å². The number of ether oxygens (including phenoxy) is 2. The maximum Gasteiger partial charge on any atom is 0.251 e. The highest BCUT2D eigenvalue weighted by molar-refractivity contribution is 5.95. The summed E-state index contributed by atoms with van der Waals surface area (Å²) < 4.78 is 66.6. The average Bonchev–Trinajstić information content (AvgIpc) is 3.00. The second-order valence-corrected chi connectivity index (χ2v) is 6.71. The molecule has 0 radical (unpaired) electrons. The number of nitrogens with zero attached hydrogens (tertiary/aromatic N) is 1. The topological polar surface area (TPSA) is 52.5 Å². The number of hydrogen-bond donors (Lipinski definition) is 1. The summed E-state index contributed by atoms with van der Waals surface area (Å²) in [7, 11) is 2.92. The maximum absolute atomic E-state index is 14.5. The molecule has 0 saturated heterocycles. The van der Waals surface area contributed by atoms with E-state index in [1.165, 1.54) is 34.1 Å². The number of halogens is 4. The van der Waals surface area contributed by atoms with Gasteiger partial charge in [-0.2, -0.15) is 4.79 Å². The first-order valence-corrected chi connectivity index (χ1v) is 9.06. The third-order valence-corrected chi connectivity index (χ3v) is 5.07. The van der Waals surface area contributed by atoms with E-state index >= 15 is 0 Å². The first-order chi connectivity index (χ1) is 14.2. The first-order valence-electron chi connectivity index (χ1n) is 9.06. The largest absolute Gasteiger partial charge is 0.493 e. The molecule has 1 N–H and O–H groups in total. The van der Waals surface area contributed by atoms with Crippen LogP contribution in [0, 0.1) is 31.3 Å². The van der Waals surface area contributed by atoms with Crippen LogP contribution in [-0.4, -0.2) is 31.5 Å². The van der Waals surface area contributed by atoms with Crippen LogP contribution in [0.4, 0.5) is 17.7 Å². The second kappa shape index (κ2) is 8.25. The van der Waals surface area contributed by atoms with Crippen LogP contribution in [0.1, 0.15) is 27.2 Å². The number of benzene rings is 2. The summed E-state index contributed by atoms with van der Waals surface area (Å²) in [4.78, 5) is 12.4. The van der Waals surface area contributed by atoms with Crippen LogP contribution >= 0.6 is 0 Å². The Labute approximate surface area is 170 Å². The number of hydrogen-bond acceptors (Lipinski definition) is 3. The molecule has 160 valence electrons. The van der Waals surface area contributed by atoms with Gasteiger partial charge < -0.3 is 14.8 Å². The lowest BCUT2D eigenvalue weighted by Gasteiger charge is -2.10. The zero-order valence-corrected chi connectivity index (χ0v) is 16.8. The van der Waals surface area contributed by atoms with E-state index in [-0.39, 0.29) is 40.0 Å². The van der Waals surface area contributed by atoms with Crippen molar-refractivity contribution in [3.63, 3.8) is 0 Å². The molecular formula is C21H20F4N2O3. The lowest BCUT2D eigenvalue weighted by atomic mass is 10.0. The molecule has 1 heterocycles. The Morgan fingerprint density at radius 3 is 2.33 bits per heavy atom. The predicted molar refractivity (Wildman–Crippen MR) is 103 cm³/mol. The molecule has 1 amide bonds. The van der Waals surface area contributed by atoms with Crippen molar-refractivity contribution in [3.8, 4) is 11.5 Å². The molecule has 0 aliphatic carbocycles. The molecular weight excluding hydrogens is 404 g/mol. The van der Waals surface area contributed by atoms with E-state index in [1.54, 1.807) is 12.1 Å². The van der Waals surface area contributed by atoms with E-state index in [0.29, 0.717) is 17.1 Å². The average molecular weight is 424 g/mol. The normalized spacial score (nSPS) is 11.1. The Morgan fingerprint density at radius 2 is 1.70 bits per heavy atom. The highest BCUT2D eigenvalue weighted by atomic mass is 19.2. The van der Waals surface area contributed by atoms with E-state index in [9.17, 15) is 22.4 Å². The molecule has 1 aromatic heterocycles. The van der Waals surface area contributed by atoms with Crippen molar-refractivity contribution in [3.05, 3.63) is 58.0 Å². The SMILES string of the molecule is COc1ccc(C(=O)NCCc2c(C)n(F)c3c(F)c(F)c(F)c(C)c23)cc1OC. The molecule has 0 unspecified atom stereocenters. The van der Waals surface area contributed by atoms with E-state index in [4.69, 9.17) is 9.47 Å². The number of rotatable bonds is 6. The van der Waals surface area contributed by atoms with Crippen molar-refractivity contribution in [2.24, 2.45) is 0 Å². The van der Waals surface area contributed by atoms with E-state index in [1.807, 2.05) is 0 Å². The van der Waals surface area contributed by atoms with E-state index < -0.39 is 28.9 Å². The summed E-state index contributed by atoms with van der Waals surface area (Å²) in [5.41, 5.74) is -0.227. The standard InChI is InChI=1S/C21H20F4N2O3/c1-10-16-13(11(2)27(25)20(16)19(24)18(23)17(10)22)7-8-26-21(28)12-5-6-14(29-3)15(9-12)30-4/h5-6,9H,7-8H2,1-4H3,(H,26,28).